The van der Waals surface area contributed by atoms with Crippen molar-refractivity contribution in [3.8, 4) is 0 Å². The lowest BCUT2D eigenvalue weighted by atomic mass is 9.87. The summed E-state index contributed by atoms with van der Waals surface area (Å²) in [7, 11) is 1.79. The van der Waals surface area contributed by atoms with Gasteiger partial charge in [0.05, 0.1) is 6.10 Å². The number of aryl methyl sites for hydroxylation is 1. The van der Waals surface area contributed by atoms with Crippen LogP contribution in [-0.2, 0) is 6.54 Å². The average Bonchev–Trinajstić information content (AvgIpc) is 2.37. The minimum absolute atomic E-state index is 0.0887. The second-order valence-corrected chi connectivity index (χ2v) is 6.72. The Morgan fingerprint density at radius 2 is 1.90 bits per heavy atom. The Labute approximate surface area is 128 Å². The number of benzene rings is 1. The summed E-state index contributed by atoms with van der Waals surface area (Å²) in [6, 6.07) is 8.08. The van der Waals surface area contributed by atoms with Crippen LogP contribution in [-0.4, -0.2) is 35.7 Å². The van der Waals surface area contributed by atoms with E-state index in [-0.39, 0.29) is 17.6 Å². The molecule has 4 nitrogen and oxygen atoms in total. The topological polar surface area (TPSA) is 52.6 Å². The molecule has 0 aliphatic carbocycles. The highest BCUT2D eigenvalue weighted by Crippen LogP contribution is 2.21. The summed E-state index contributed by atoms with van der Waals surface area (Å²) in [5.41, 5.74) is 2.21. The fourth-order valence-electron chi connectivity index (χ4n) is 2.36. The summed E-state index contributed by atoms with van der Waals surface area (Å²) in [6.45, 7) is 9.04. The number of amides is 2. The zero-order chi connectivity index (χ0) is 16.0. The van der Waals surface area contributed by atoms with Crippen LogP contribution in [0.15, 0.2) is 24.3 Å². The van der Waals surface area contributed by atoms with Crippen molar-refractivity contribution < 1.29 is 9.90 Å². The standard InChI is InChI=1S/C17H28N2O2/c1-13-6-8-15(9-7-13)11-19(5)16(21)18-12-17(3,4)10-14(2)20/h6-9,14,20H,10-12H2,1-5H3,(H,18,21). The Balaban J connectivity index is 2.46. The number of carbonyl (C=O) groups excluding carboxylic acids is 1. The quantitative estimate of drug-likeness (QED) is 0.847. The normalized spacial score (nSPS) is 12.9. The van der Waals surface area contributed by atoms with Gasteiger partial charge in [0, 0.05) is 20.1 Å². The van der Waals surface area contributed by atoms with Crippen molar-refractivity contribution in [3.05, 3.63) is 35.4 Å². The summed E-state index contributed by atoms with van der Waals surface area (Å²) >= 11 is 0. The molecule has 0 aliphatic heterocycles. The van der Waals surface area contributed by atoms with Crippen molar-refractivity contribution in [1.82, 2.24) is 10.2 Å². The van der Waals surface area contributed by atoms with Gasteiger partial charge in [-0.25, -0.2) is 4.79 Å². The van der Waals surface area contributed by atoms with Crippen molar-refractivity contribution >= 4 is 6.03 Å². The molecule has 4 heteroatoms. The molecule has 0 aromatic heterocycles. The summed E-state index contributed by atoms with van der Waals surface area (Å²) in [4.78, 5) is 13.8. The molecule has 118 valence electrons. The number of carbonyl (C=O) groups is 1. The van der Waals surface area contributed by atoms with Crippen LogP contribution < -0.4 is 5.32 Å². The number of aliphatic hydroxyl groups is 1. The second kappa shape index (κ2) is 7.46. The van der Waals surface area contributed by atoms with Crippen molar-refractivity contribution in [3.63, 3.8) is 0 Å². The highest BCUT2D eigenvalue weighted by molar-refractivity contribution is 5.73. The average molecular weight is 292 g/mol. The highest BCUT2D eigenvalue weighted by atomic mass is 16.3. The third-order valence-electron chi connectivity index (χ3n) is 3.45. The van der Waals surface area contributed by atoms with E-state index >= 15 is 0 Å². The van der Waals surface area contributed by atoms with E-state index < -0.39 is 0 Å². The van der Waals surface area contributed by atoms with E-state index in [2.05, 4.69) is 5.32 Å². The van der Waals surface area contributed by atoms with Gasteiger partial charge in [-0.05, 0) is 31.2 Å². The van der Waals surface area contributed by atoms with E-state index in [9.17, 15) is 9.90 Å². The van der Waals surface area contributed by atoms with E-state index in [4.69, 9.17) is 0 Å². The van der Waals surface area contributed by atoms with Crippen LogP contribution >= 0.6 is 0 Å². The molecule has 0 heterocycles. The lowest BCUT2D eigenvalue weighted by Gasteiger charge is -2.28. The Kier molecular flexibility index (Phi) is 6.21. The first-order valence-corrected chi connectivity index (χ1v) is 7.42. The number of nitrogens with zero attached hydrogens (tertiary/aromatic N) is 1. The predicted molar refractivity (Wildman–Crippen MR) is 86.1 cm³/mol. The molecule has 2 N–H and O–H groups in total. The Morgan fingerprint density at radius 1 is 1.33 bits per heavy atom. The van der Waals surface area contributed by atoms with Gasteiger partial charge in [-0.3, -0.25) is 0 Å². The zero-order valence-electron chi connectivity index (χ0n) is 13.8. The molecule has 2 amide bonds. The van der Waals surface area contributed by atoms with E-state index in [1.807, 2.05) is 45.0 Å². The monoisotopic (exact) mass is 292 g/mol. The van der Waals surface area contributed by atoms with Crippen LogP contribution in [0, 0.1) is 12.3 Å². The lowest BCUT2D eigenvalue weighted by molar-refractivity contribution is 0.127. The summed E-state index contributed by atoms with van der Waals surface area (Å²) in [6.07, 6.45) is 0.303. The van der Waals surface area contributed by atoms with E-state index in [1.165, 1.54) is 5.56 Å². The predicted octanol–water partition coefficient (Wildman–Crippen LogP) is 2.93. The first-order chi connectivity index (χ1) is 9.69. The van der Waals surface area contributed by atoms with E-state index in [1.54, 1.807) is 18.9 Å². The van der Waals surface area contributed by atoms with Gasteiger partial charge < -0.3 is 15.3 Å². The number of nitrogens with one attached hydrogen (secondary N) is 1. The number of aliphatic hydroxyl groups excluding tert-OH is 1. The number of hydrogen-bond acceptors (Lipinski definition) is 2. The maximum absolute atomic E-state index is 12.1. The molecule has 1 aromatic rings. The number of hydrogen-bond donors (Lipinski definition) is 2. The van der Waals surface area contributed by atoms with Crippen LogP contribution in [0.4, 0.5) is 4.79 Å². The number of rotatable bonds is 6. The maximum atomic E-state index is 12.1. The van der Waals surface area contributed by atoms with Crippen molar-refractivity contribution in [1.29, 1.82) is 0 Å². The Hall–Kier alpha value is -1.55. The van der Waals surface area contributed by atoms with Crippen molar-refractivity contribution in [2.24, 2.45) is 5.41 Å². The molecule has 0 saturated carbocycles. The van der Waals surface area contributed by atoms with Crippen molar-refractivity contribution in [2.75, 3.05) is 13.6 Å². The first-order valence-electron chi connectivity index (χ1n) is 7.42. The summed E-state index contributed by atoms with van der Waals surface area (Å²) in [5, 5.41) is 12.4. The molecule has 1 atom stereocenters. The Morgan fingerprint density at radius 3 is 2.43 bits per heavy atom. The molecule has 0 aliphatic rings. The minimum atomic E-state index is -0.359. The zero-order valence-corrected chi connectivity index (χ0v) is 13.8. The third kappa shape index (κ3) is 6.63. The van der Waals surface area contributed by atoms with Gasteiger partial charge in [-0.15, -0.1) is 0 Å². The van der Waals surface area contributed by atoms with Crippen LogP contribution in [0.25, 0.3) is 0 Å². The van der Waals surface area contributed by atoms with Gasteiger partial charge in [0.25, 0.3) is 0 Å². The molecular weight excluding hydrogens is 264 g/mol. The molecule has 0 saturated heterocycles. The Bertz CT molecular complexity index is 452. The van der Waals surface area contributed by atoms with Crippen LogP contribution in [0.5, 0.6) is 0 Å². The van der Waals surface area contributed by atoms with Crippen LogP contribution in [0.2, 0.25) is 0 Å². The summed E-state index contributed by atoms with van der Waals surface area (Å²) in [5.74, 6) is 0. The molecule has 21 heavy (non-hydrogen) atoms. The minimum Gasteiger partial charge on any atom is -0.393 e. The lowest BCUT2D eigenvalue weighted by Crippen LogP contribution is -2.42. The molecule has 1 rings (SSSR count). The largest absolute Gasteiger partial charge is 0.393 e. The van der Waals surface area contributed by atoms with E-state index in [0.29, 0.717) is 19.5 Å². The maximum Gasteiger partial charge on any atom is 0.317 e. The van der Waals surface area contributed by atoms with Gasteiger partial charge in [0.2, 0.25) is 0 Å². The SMILES string of the molecule is Cc1ccc(CN(C)C(=O)NCC(C)(C)CC(C)O)cc1. The molecule has 0 bridgehead atoms. The number of urea groups is 1. The van der Waals surface area contributed by atoms with Crippen molar-refractivity contribution in [2.45, 2.75) is 46.8 Å². The highest BCUT2D eigenvalue weighted by Gasteiger charge is 2.21. The summed E-state index contributed by atoms with van der Waals surface area (Å²) < 4.78 is 0. The second-order valence-electron chi connectivity index (χ2n) is 6.72. The van der Waals surface area contributed by atoms with Crippen LogP contribution in [0.3, 0.4) is 0 Å². The van der Waals surface area contributed by atoms with Gasteiger partial charge >= 0.3 is 6.03 Å². The van der Waals surface area contributed by atoms with Gasteiger partial charge in [0.1, 0.15) is 0 Å². The molecule has 0 radical (unpaired) electrons. The van der Waals surface area contributed by atoms with Gasteiger partial charge in [0.15, 0.2) is 0 Å². The fraction of sp³-hybridized carbons (Fsp3) is 0.588. The molecular formula is C17H28N2O2. The smallest absolute Gasteiger partial charge is 0.317 e. The third-order valence-corrected chi connectivity index (χ3v) is 3.45. The molecule has 0 fully saturated rings. The van der Waals surface area contributed by atoms with Gasteiger partial charge in [-0.1, -0.05) is 43.7 Å². The molecule has 1 aromatic carbocycles. The molecule has 0 spiro atoms. The fourth-order valence-corrected chi connectivity index (χ4v) is 2.36. The first kappa shape index (κ1) is 17.5. The van der Waals surface area contributed by atoms with E-state index in [0.717, 1.165) is 5.56 Å². The van der Waals surface area contributed by atoms with Gasteiger partial charge in [-0.2, -0.15) is 0 Å². The van der Waals surface area contributed by atoms with Crippen LogP contribution in [0.1, 0.15) is 38.3 Å². The molecule has 1 unspecified atom stereocenters.